The number of fused-ring (bicyclic) bond motifs is 2. The number of aryl methyl sites for hydroxylation is 1. The van der Waals surface area contributed by atoms with Gasteiger partial charge in [-0.25, -0.2) is 4.98 Å². The number of aromatic nitrogens is 3. The van der Waals surface area contributed by atoms with Gasteiger partial charge in [0, 0.05) is 44.3 Å². The predicted octanol–water partition coefficient (Wildman–Crippen LogP) is 3.17. The third-order valence-electron chi connectivity index (χ3n) is 7.50. The average Bonchev–Trinajstić information content (AvgIpc) is 2.97. The number of hydrogen-bond acceptors (Lipinski definition) is 8. The van der Waals surface area contributed by atoms with E-state index in [0.29, 0.717) is 35.5 Å². The highest BCUT2D eigenvalue weighted by atomic mass is 16.5. The van der Waals surface area contributed by atoms with Gasteiger partial charge in [-0.05, 0) is 48.4 Å². The van der Waals surface area contributed by atoms with Gasteiger partial charge in [-0.3, -0.25) is 19.1 Å². The molecule has 204 valence electrons. The minimum atomic E-state index is -0.234. The molecule has 4 heterocycles. The van der Waals surface area contributed by atoms with Crippen LogP contribution < -0.4 is 21.1 Å². The first-order valence-electron chi connectivity index (χ1n) is 13.3. The lowest BCUT2D eigenvalue weighted by Gasteiger charge is -2.38. The van der Waals surface area contributed by atoms with Gasteiger partial charge in [0.25, 0.3) is 11.5 Å². The molecular weight excluding hydrogens is 506 g/mol. The first-order valence-corrected chi connectivity index (χ1v) is 13.3. The molecule has 2 aliphatic rings. The number of carbonyl (C=O) groups is 1. The number of nitrogen functional groups attached to an aromatic ring is 1. The second-order valence-corrected chi connectivity index (χ2v) is 10.0. The van der Waals surface area contributed by atoms with Crippen LogP contribution in [0.5, 0.6) is 0 Å². The van der Waals surface area contributed by atoms with Crippen molar-refractivity contribution in [3.05, 3.63) is 88.9 Å². The molecule has 0 spiro atoms. The maximum atomic E-state index is 14.3. The number of hydrogen-bond donors (Lipinski definition) is 1. The van der Waals surface area contributed by atoms with Crippen molar-refractivity contribution in [1.82, 2.24) is 19.4 Å². The standard InChI is InChI=1S/C30H31N7O3/c1-3-26(38)36-12-11-35(24-6-4-5-20(2)27(24)36)25-17-22-18-32-30(31)33-28(22)37(29(25)39)23-9-7-21(8-10-23)19-34-13-15-40-16-14-34/h3-10,17-18H,1,11-16,19H2,2H3,(H2,31,32,33). The summed E-state index contributed by atoms with van der Waals surface area (Å²) in [6.07, 6.45) is 2.96. The maximum Gasteiger partial charge on any atom is 0.280 e. The summed E-state index contributed by atoms with van der Waals surface area (Å²) in [5.74, 6) is -0.0815. The van der Waals surface area contributed by atoms with Crippen molar-refractivity contribution >= 4 is 40.0 Å². The van der Waals surface area contributed by atoms with Crippen LogP contribution in [0.4, 0.5) is 23.0 Å². The van der Waals surface area contributed by atoms with Gasteiger partial charge < -0.3 is 20.3 Å². The molecule has 6 rings (SSSR count). The number of ether oxygens (including phenoxy) is 1. The van der Waals surface area contributed by atoms with E-state index in [4.69, 9.17) is 10.5 Å². The Balaban J connectivity index is 1.46. The molecule has 2 aromatic carbocycles. The Morgan fingerprint density at radius 3 is 2.60 bits per heavy atom. The molecule has 1 amide bonds. The minimum absolute atomic E-state index is 0.0925. The quantitative estimate of drug-likeness (QED) is 0.387. The topological polar surface area (TPSA) is 110 Å². The van der Waals surface area contributed by atoms with Crippen LogP contribution in [-0.2, 0) is 16.1 Å². The normalized spacial score (nSPS) is 15.7. The number of morpholine rings is 1. The van der Waals surface area contributed by atoms with Crippen molar-refractivity contribution in [2.45, 2.75) is 13.5 Å². The average molecular weight is 538 g/mol. The molecule has 4 aromatic rings. The molecule has 2 N–H and O–H groups in total. The van der Waals surface area contributed by atoms with E-state index in [2.05, 4.69) is 21.4 Å². The Bertz CT molecular complexity index is 1660. The summed E-state index contributed by atoms with van der Waals surface area (Å²) in [5.41, 5.74) is 11.0. The van der Waals surface area contributed by atoms with Crippen LogP contribution in [-0.4, -0.2) is 64.7 Å². The molecule has 1 fully saturated rings. The zero-order chi connectivity index (χ0) is 27.8. The number of carbonyl (C=O) groups excluding carboxylic acids is 1. The van der Waals surface area contributed by atoms with Crippen LogP contribution in [0, 0.1) is 6.92 Å². The summed E-state index contributed by atoms with van der Waals surface area (Å²) in [7, 11) is 0. The highest BCUT2D eigenvalue weighted by Gasteiger charge is 2.30. The van der Waals surface area contributed by atoms with Crippen LogP contribution in [0.1, 0.15) is 11.1 Å². The molecule has 0 saturated carbocycles. The Hall–Kier alpha value is -4.54. The second-order valence-electron chi connectivity index (χ2n) is 10.0. The van der Waals surface area contributed by atoms with Crippen molar-refractivity contribution in [3.8, 4) is 5.69 Å². The van der Waals surface area contributed by atoms with Crippen molar-refractivity contribution in [2.75, 3.05) is 54.9 Å². The smallest absolute Gasteiger partial charge is 0.280 e. The summed E-state index contributed by atoms with van der Waals surface area (Å²) >= 11 is 0. The molecule has 10 nitrogen and oxygen atoms in total. The van der Waals surface area contributed by atoms with Gasteiger partial charge >= 0.3 is 0 Å². The molecule has 0 unspecified atom stereocenters. The number of nitrogens with zero attached hydrogens (tertiary/aromatic N) is 6. The maximum absolute atomic E-state index is 14.3. The number of amides is 1. The summed E-state index contributed by atoms with van der Waals surface area (Å²) in [6.45, 7) is 10.6. The van der Waals surface area contributed by atoms with Gasteiger partial charge in [0.2, 0.25) is 5.95 Å². The van der Waals surface area contributed by atoms with E-state index in [9.17, 15) is 9.59 Å². The van der Waals surface area contributed by atoms with E-state index in [1.54, 1.807) is 21.7 Å². The summed E-state index contributed by atoms with van der Waals surface area (Å²) < 4.78 is 7.06. The number of pyridine rings is 1. The number of rotatable bonds is 5. The van der Waals surface area contributed by atoms with Gasteiger partial charge in [0.15, 0.2) is 5.65 Å². The van der Waals surface area contributed by atoms with Crippen LogP contribution >= 0.6 is 0 Å². The minimum Gasteiger partial charge on any atom is -0.379 e. The van der Waals surface area contributed by atoms with Gasteiger partial charge in [-0.2, -0.15) is 4.98 Å². The first-order chi connectivity index (χ1) is 19.4. The Kier molecular flexibility index (Phi) is 6.79. The van der Waals surface area contributed by atoms with Crippen molar-refractivity contribution in [2.24, 2.45) is 0 Å². The van der Waals surface area contributed by atoms with Gasteiger partial charge in [0.1, 0.15) is 5.69 Å². The third-order valence-corrected chi connectivity index (χ3v) is 7.50. The molecule has 0 atom stereocenters. The van der Waals surface area contributed by atoms with E-state index in [1.807, 2.05) is 54.3 Å². The van der Waals surface area contributed by atoms with Crippen molar-refractivity contribution in [1.29, 1.82) is 0 Å². The number of para-hydroxylation sites is 1. The lowest BCUT2D eigenvalue weighted by atomic mass is 10.1. The van der Waals surface area contributed by atoms with Gasteiger partial charge in [-0.1, -0.05) is 30.8 Å². The van der Waals surface area contributed by atoms with Gasteiger partial charge in [0.05, 0.1) is 30.3 Å². The number of benzene rings is 2. The zero-order valence-corrected chi connectivity index (χ0v) is 22.4. The van der Waals surface area contributed by atoms with E-state index in [0.717, 1.165) is 55.3 Å². The Morgan fingerprint density at radius 1 is 1.07 bits per heavy atom. The third kappa shape index (κ3) is 4.61. The van der Waals surface area contributed by atoms with Crippen molar-refractivity contribution in [3.63, 3.8) is 0 Å². The van der Waals surface area contributed by atoms with Crippen LogP contribution in [0.3, 0.4) is 0 Å². The number of anilines is 4. The second kappa shape index (κ2) is 10.6. The van der Waals surface area contributed by atoms with Crippen LogP contribution in [0.2, 0.25) is 0 Å². The monoisotopic (exact) mass is 537 g/mol. The highest BCUT2D eigenvalue weighted by molar-refractivity contribution is 6.05. The van der Waals surface area contributed by atoms with E-state index in [1.165, 1.54) is 6.08 Å². The molecule has 1 saturated heterocycles. The summed E-state index contributed by atoms with van der Waals surface area (Å²) in [4.78, 5) is 41.6. The first kappa shape index (κ1) is 25.7. The largest absolute Gasteiger partial charge is 0.379 e. The Morgan fingerprint density at radius 2 is 1.85 bits per heavy atom. The highest BCUT2D eigenvalue weighted by Crippen LogP contribution is 2.39. The molecule has 0 bridgehead atoms. The molecular formula is C30H31N7O3. The fourth-order valence-electron chi connectivity index (χ4n) is 5.52. The van der Waals surface area contributed by atoms with Crippen molar-refractivity contribution < 1.29 is 9.53 Å². The lowest BCUT2D eigenvalue weighted by Crippen LogP contribution is -2.43. The summed E-state index contributed by atoms with van der Waals surface area (Å²) in [6, 6.07) is 15.6. The molecule has 40 heavy (non-hydrogen) atoms. The zero-order valence-electron chi connectivity index (χ0n) is 22.4. The van der Waals surface area contributed by atoms with E-state index < -0.39 is 0 Å². The fraction of sp³-hybridized carbons (Fsp3) is 0.267. The molecule has 2 aliphatic heterocycles. The Labute approximate surface area is 231 Å². The predicted molar refractivity (Wildman–Crippen MR) is 156 cm³/mol. The number of nitrogens with two attached hydrogens (primary N) is 1. The lowest BCUT2D eigenvalue weighted by molar-refractivity contribution is -0.114. The van der Waals surface area contributed by atoms with Crippen LogP contribution in [0.15, 0.2) is 72.2 Å². The van der Waals surface area contributed by atoms with E-state index in [-0.39, 0.29) is 17.4 Å². The molecule has 0 aliphatic carbocycles. The molecule has 0 radical (unpaired) electrons. The van der Waals surface area contributed by atoms with Gasteiger partial charge in [-0.15, -0.1) is 0 Å². The fourth-order valence-corrected chi connectivity index (χ4v) is 5.52. The molecule has 2 aromatic heterocycles. The SMILES string of the molecule is C=CC(=O)N1CCN(c2cc3cnc(N)nc3n(-c3ccc(CN4CCOCC4)cc3)c2=O)c2cccc(C)c21. The van der Waals surface area contributed by atoms with Crippen LogP contribution in [0.25, 0.3) is 16.7 Å². The van der Waals surface area contributed by atoms with E-state index >= 15 is 0 Å². The molecule has 10 heteroatoms. The summed E-state index contributed by atoms with van der Waals surface area (Å²) in [5, 5.41) is 0.681.